The van der Waals surface area contributed by atoms with Gasteiger partial charge in [0.15, 0.2) is 6.61 Å². The third kappa shape index (κ3) is 3.01. The second kappa shape index (κ2) is 5.40. The average molecular weight is 249 g/mol. The van der Waals surface area contributed by atoms with Crippen molar-refractivity contribution < 1.29 is 14.6 Å². The molecule has 1 aliphatic rings. The molecule has 0 aromatic heterocycles. The minimum Gasteiger partial charge on any atom is -0.484 e. The summed E-state index contributed by atoms with van der Waals surface area (Å²) in [6, 6.07) is 5.78. The third-order valence-corrected chi connectivity index (χ3v) is 3.36. The molecule has 18 heavy (non-hydrogen) atoms. The molecule has 98 valence electrons. The normalized spacial score (nSPS) is 19.1. The second-order valence-electron chi connectivity index (χ2n) is 4.82. The first-order valence-electron chi connectivity index (χ1n) is 6.22. The highest BCUT2D eigenvalue weighted by atomic mass is 16.5. The van der Waals surface area contributed by atoms with Gasteiger partial charge in [-0.1, -0.05) is 6.07 Å². The number of nitrogens with zero attached hydrogens (tertiary/aromatic N) is 1. The number of aliphatic hydroxyl groups excluding tert-OH is 1. The van der Waals surface area contributed by atoms with Crippen molar-refractivity contribution in [2.24, 2.45) is 0 Å². The van der Waals surface area contributed by atoms with Gasteiger partial charge in [0.05, 0.1) is 6.10 Å². The van der Waals surface area contributed by atoms with E-state index >= 15 is 0 Å². The van der Waals surface area contributed by atoms with Crippen LogP contribution in [0.5, 0.6) is 5.75 Å². The lowest BCUT2D eigenvalue weighted by molar-refractivity contribution is -0.132. The van der Waals surface area contributed by atoms with Crippen LogP contribution >= 0.6 is 0 Å². The maximum absolute atomic E-state index is 11.8. The van der Waals surface area contributed by atoms with Crippen LogP contribution in [0, 0.1) is 13.8 Å². The average Bonchev–Trinajstić information content (AvgIpc) is 2.77. The summed E-state index contributed by atoms with van der Waals surface area (Å²) in [5.41, 5.74) is 2.35. The zero-order valence-corrected chi connectivity index (χ0v) is 10.8. The summed E-state index contributed by atoms with van der Waals surface area (Å²) in [6.45, 7) is 5.14. The number of β-amino-alcohol motifs (C(OH)–C–C–N with tert-alkyl or cyclic N) is 1. The van der Waals surface area contributed by atoms with Crippen molar-refractivity contribution in [3.05, 3.63) is 29.3 Å². The minimum absolute atomic E-state index is 0.0369. The number of aliphatic hydroxyl groups is 1. The number of carbonyl (C=O) groups is 1. The van der Waals surface area contributed by atoms with Crippen LogP contribution < -0.4 is 4.74 Å². The summed E-state index contributed by atoms with van der Waals surface area (Å²) in [5, 5.41) is 9.37. The Hall–Kier alpha value is -1.55. The largest absolute Gasteiger partial charge is 0.484 e. The number of hydrogen-bond donors (Lipinski definition) is 1. The second-order valence-corrected chi connectivity index (χ2v) is 4.82. The highest BCUT2D eigenvalue weighted by molar-refractivity contribution is 5.78. The van der Waals surface area contributed by atoms with E-state index in [2.05, 4.69) is 0 Å². The molecular weight excluding hydrogens is 230 g/mol. The van der Waals surface area contributed by atoms with Gasteiger partial charge in [-0.2, -0.15) is 0 Å². The third-order valence-electron chi connectivity index (χ3n) is 3.36. The maximum Gasteiger partial charge on any atom is 0.260 e. The molecule has 0 unspecified atom stereocenters. The van der Waals surface area contributed by atoms with E-state index in [1.165, 1.54) is 5.56 Å². The first-order chi connectivity index (χ1) is 8.56. The summed E-state index contributed by atoms with van der Waals surface area (Å²) in [7, 11) is 0. The molecule has 1 heterocycles. The van der Waals surface area contributed by atoms with E-state index in [1.54, 1.807) is 4.90 Å². The van der Waals surface area contributed by atoms with Crippen LogP contribution in [0.1, 0.15) is 17.5 Å². The van der Waals surface area contributed by atoms with Gasteiger partial charge in [-0.25, -0.2) is 0 Å². The summed E-state index contributed by atoms with van der Waals surface area (Å²) >= 11 is 0. The van der Waals surface area contributed by atoms with Gasteiger partial charge < -0.3 is 14.7 Å². The van der Waals surface area contributed by atoms with Crippen molar-refractivity contribution in [1.29, 1.82) is 0 Å². The molecule has 0 aliphatic carbocycles. The molecule has 1 aromatic rings. The molecule has 0 bridgehead atoms. The van der Waals surface area contributed by atoms with Crippen molar-refractivity contribution in [1.82, 2.24) is 4.90 Å². The number of hydrogen-bond acceptors (Lipinski definition) is 3. The number of likely N-dealkylation sites (tertiary alicyclic amines) is 1. The van der Waals surface area contributed by atoms with Gasteiger partial charge in [0.2, 0.25) is 0 Å². The Balaban J connectivity index is 1.87. The fraction of sp³-hybridized carbons (Fsp3) is 0.500. The quantitative estimate of drug-likeness (QED) is 0.877. The van der Waals surface area contributed by atoms with Crippen LogP contribution in [-0.2, 0) is 4.79 Å². The Labute approximate surface area is 107 Å². The standard InChI is InChI=1S/C14H19NO3/c1-10-3-4-13(7-11(10)2)18-9-14(17)15-6-5-12(16)8-15/h3-4,7,12,16H,5-6,8-9H2,1-2H3/t12-/m1/s1. The monoisotopic (exact) mass is 249 g/mol. The number of benzene rings is 1. The summed E-state index contributed by atoms with van der Waals surface area (Å²) < 4.78 is 5.48. The summed E-state index contributed by atoms with van der Waals surface area (Å²) in [6.07, 6.45) is 0.283. The Bertz CT molecular complexity index is 445. The lowest BCUT2D eigenvalue weighted by Gasteiger charge is -2.16. The first-order valence-corrected chi connectivity index (χ1v) is 6.22. The highest BCUT2D eigenvalue weighted by Crippen LogP contribution is 2.17. The van der Waals surface area contributed by atoms with E-state index in [0.717, 1.165) is 5.56 Å². The topological polar surface area (TPSA) is 49.8 Å². The SMILES string of the molecule is Cc1ccc(OCC(=O)N2CC[C@@H](O)C2)cc1C. The first kappa shape index (κ1) is 12.9. The summed E-state index contributed by atoms with van der Waals surface area (Å²) in [5.74, 6) is 0.649. The van der Waals surface area contributed by atoms with Crippen molar-refractivity contribution >= 4 is 5.91 Å². The zero-order valence-electron chi connectivity index (χ0n) is 10.8. The number of carbonyl (C=O) groups excluding carboxylic acids is 1. The van der Waals surface area contributed by atoms with Crippen molar-refractivity contribution in [2.75, 3.05) is 19.7 Å². The zero-order chi connectivity index (χ0) is 13.1. The van der Waals surface area contributed by atoms with Crippen LogP contribution in [0.4, 0.5) is 0 Å². The van der Waals surface area contributed by atoms with Crippen LogP contribution in [0.15, 0.2) is 18.2 Å². The van der Waals surface area contributed by atoms with Gasteiger partial charge in [-0.3, -0.25) is 4.79 Å². The van der Waals surface area contributed by atoms with Gasteiger partial charge >= 0.3 is 0 Å². The lowest BCUT2D eigenvalue weighted by atomic mass is 10.1. The maximum atomic E-state index is 11.8. The molecule has 0 radical (unpaired) electrons. The lowest BCUT2D eigenvalue weighted by Crippen LogP contribution is -2.33. The molecule has 1 saturated heterocycles. The molecule has 2 rings (SSSR count). The summed E-state index contributed by atoms with van der Waals surface area (Å²) in [4.78, 5) is 13.5. The minimum atomic E-state index is -0.379. The molecule has 4 heteroatoms. The Morgan fingerprint density at radius 1 is 1.44 bits per heavy atom. The number of aryl methyl sites for hydroxylation is 2. The Kier molecular flexibility index (Phi) is 3.87. The molecule has 0 spiro atoms. The predicted octanol–water partition coefficient (Wildman–Crippen LogP) is 1.28. The van der Waals surface area contributed by atoms with Crippen LogP contribution in [0.2, 0.25) is 0 Å². The fourth-order valence-electron chi connectivity index (χ4n) is 2.01. The number of ether oxygens (including phenoxy) is 1. The molecule has 1 fully saturated rings. The van der Waals surface area contributed by atoms with E-state index in [4.69, 9.17) is 4.74 Å². The molecule has 1 atom stereocenters. The smallest absolute Gasteiger partial charge is 0.260 e. The van der Waals surface area contributed by atoms with Gasteiger partial charge in [0.25, 0.3) is 5.91 Å². The fourth-order valence-corrected chi connectivity index (χ4v) is 2.01. The van der Waals surface area contributed by atoms with Gasteiger partial charge in [0.1, 0.15) is 5.75 Å². The van der Waals surface area contributed by atoms with Crippen LogP contribution in [-0.4, -0.2) is 41.7 Å². The van der Waals surface area contributed by atoms with Crippen molar-refractivity contribution in [3.8, 4) is 5.75 Å². The predicted molar refractivity (Wildman–Crippen MR) is 68.6 cm³/mol. The van der Waals surface area contributed by atoms with E-state index < -0.39 is 0 Å². The molecule has 4 nitrogen and oxygen atoms in total. The molecule has 0 saturated carbocycles. The van der Waals surface area contributed by atoms with Crippen LogP contribution in [0.25, 0.3) is 0 Å². The van der Waals surface area contributed by atoms with E-state index in [-0.39, 0.29) is 18.6 Å². The van der Waals surface area contributed by atoms with E-state index in [9.17, 15) is 9.90 Å². The molecule has 1 aliphatic heterocycles. The van der Waals surface area contributed by atoms with Gasteiger partial charge in [0, 0.05) is 13.1 Å². The van der Waals surface area contributed by atoms with E-state index in [0.29, 0.717) is 25.3 Å². The molecular formula is C14H19NO3. The van der Waals surface area contributed by atoms with Gasteiger partial charge in [-0.05, 0) is 43.5 Å². The Morgan fingerprint density at radius 2 is 2.22 bits per heavy atom. The molecule has 1 amide bonds. The Morgan fingerprint density at radius 3 is 2.83 bits per heavy atom. The number of rotatable bonds is 3. The highest BCUT2D eigenvalue weighted by Gasteiger charge is 2.24. The number of amides is 1. The molecule has 1 aromatic carbocycles. The van der Waals surface area contributed by atoms with Crippen LogP contribution in [0.3, 0.4) is 0 Å². The van der Waals surface area contributed by atoms with E-state index in [1.807, 2.05) is 32.0 Å². The van der Waals surface area contributed by atoms with Gasteiger partial charge in [-0.15, -0.1) is 0 Å². The van der Waals surface area contributed by atoms with Crippen molar-refractivity contribution in [3.63, 3.8) is 0 Å². The van der Waals surface area contributed by atoms with Crippen molar-refractivity contribution in [2.45, 2.75) is 26.4 Å². The molecule has 1 N–H and O–H groups in total.